The summed E-state index contributed by atoms with van der Waals surface area (Å²) in [5, 5.41) is 4.19. The lowest BCUT2D eigenvalue weighted by atomic mass is 10.1. The molecule has 2 amide bonds. The molecule has 36 heavy (non-hydrogen) atoms. The quantitative estimate of drug-likeness (QED) is 0.344. The van der Waals surface area contributed by atoms with E-state index in [2.05, 4.69) is 10.3 Å². The van der Waals surface area contributed by atoms with Gasteiger partial charge >= 0.3 is 6.03 Å². The van der Waals surface area contributed by atoms with Crippen LogP contribution >= 0.6 is 11.6 Å². The van der Waals surface area contributed by atoms with Gasteiger partial charge in [-0.1, -0.05) is 23.7 Å². The number of hydrogen-bond acceptors (Lipinski definition) is 5. The number of carbonyl (C=O) groups is 1. The monoisotopic (exact) mass is 505 g/mol. The zero-order chi connectivity index (χ0) is 25.1. The molecule has 1 aliphatic rings. The predicted octanol–water partition coefficient (Wildman–Crippen LogP) is 5.54. The van der Waals surface area contributed by atoms with E-state index in [0.717, 1.165) is 10.9 Å². The van der Waals surface area contributed by atoms with Crippen molar-refractivity contribution in [2.45, 2.75) is 20.0 Å². The van der Waals surface area contributed by atoms with Crippen molar-refractivity contribution in [1.82, 2.24) is 9.88 Å². The number of H-pyrrole nitrogens is 1. The number of amides is 2. The zero-order valence-electron chi connectivity index (χ0n) is 19.5. The van der Waals surface area contributed by atoms with Gasteiger partial charge in [-0.25, -0.2) is 4.79 Å². The van der Waals surface area contributed by atoms with Crippen LogP contribution in [0.4, 0.5) is 10.5 Å². The number of nitrogens with zero attached hydrogens (tertiary/aromatic N) is 1. The van der Waals surface area contributed by atoms with E-state index in [9.17, 15) is 9.59 Å². The number of rotatable bonds is 7. The van der Waals surface area contributed by atoms with Gasteiger partial charge in [-0.05, 0) is 67.1 Å². The summed E-state index contributed by atoms with van der Waals surface area (Å²) in [6.07, 6.45) is 0. The molecule has 1 aliphatic heterocycles. The summed E-state index contributed by atoms with van der Waals surface area (Å²) >= 11 is 6.09. The number of nitrogens with one attached hydrogen (secondary N) is 2. The Kier molecular flexibility index (Phi) is 6.69. The van der Waals surface area contributed by atoms with Crippen LogP contribution in [-0.4, -0.2) is 29.3 Å². The molecule has 8 nitrogen and oxygen atoms in total. The van der Waals surface area contributed by atoms with Gasteiger partial charge in [-0.3, -0.25) is 4.79 Å². The fourth-order valence-electron chi connectivity index (χ4n) is 4.04. The second-order valence-corrected chi connectivity index (χ2v) is 8.73. The molecule has 2 N–H and O–H groups in total. The van der Waals surface area contributed by atoms with E-state index >= 15 is 0 Å². The number of pyridine rings is 1. The number of ether oxygens (including phenoxy) is 3. The van der Waals surface area contributed by atoms with Crippen molar-refractivity contribution in [3.05, 3.63) is 93.2 Å². The molecule has 0 unspecified atom stereocenters. The highest BCUT2D eigenvalue weighted by Crippen LogP contribution is 2.33. The van der Waals surface area contributed by atoms with Gasteiger partial charge in [-0.15, -0.1) is 0 Å². The molecule has 0 spiro atoms. The van der Waals surface area contributed by atoms with Gasteiger partial charge < -0.3 is 29.4 Å². The second-order valence-electron chi connectivity index (χ2n) is 8.29. The van der Waals surface area contributed by atoms with Crippen LogP contribution in [-0.2, 0) is 13.1 Å². The number of urea groups is 1. The standard InChI is InChI=1S/C27H24ClN3O5/c1-2-34-22-7-8-23-18(12-22)11-19(26(32)30-23)15-31(27(33)29-21-5-3-4-20(28)13-21)14-17-6-9-24-25(10-17)36-16-35-24/h3-13H,2,14-16H2,1H3,(H,29,33)(H,30,32). The van der Waals surface area contributed by atoms with Crippen LogP contribution in [0, 0.1) is 0 Å². The summed E-state index contributed by atoms with van der Waals surface area (Å²) < 4.78 is 16.5. The fraction of sp³-hybridized carbons (Fsp3) is 0.185. The molecule has 0 bridgehead atoms. The van der Waals surface area contributed by atoms with Gasteiger partial charge in [0.1, 0.15) is 5.75 Å². The summed E-state index contributed by atoms with van der Waals surface area (Å²) in [7, 11) is 0. The Bertz CT molecular complexity index is 1490. The highest BCUT2D eigenvalue weighted by atomic mass is 35.5. The normalized spacial score (nSPS) is 11.9. The van der Waals surface area contributed by atoms with E-state index < -0.39 is 0 Å². The van der Waals surface area contributed by atoms with Gasteiger partial charge in [0.25, 0.3) is 5.56 Å². The number of halogens is 1. The van der Waals surface area contributed by atoms with Gasteiger partial charge in [0, 0.05) is 33.7 Å². The molecule has 184 valence electrons. The lowest BCUT2D eigenvalue weighted by Gasteiger charge is -2.23. The maximum absolute atomic E-state index is 13.4. The molecule has 4 aromatic rings. The smallest absolute Gasteiger partial charge is 0.322 e. The lowest BCUT2D eigenvalue weighted by Crippen LogP contribution is -2.35. The molecule has 5 rings (SSSR count). The van der Waals surface area contributed by atoms with E-state index in [-0.39, 0.29) is 31.5 Å². The molecule has 0 atom stereocenters. The van der Waals surface area contributed by atoms with Crippen LogP contribution in [0.25, 0.3) is 10.9 Å². The van der Waals surface area contributed by atoms with Crippen molar-refractivity contribution in [1.29, 1.82) is 0 Å². The van der Waals surface area contributed by atoms with Crippen LogP contribution in [0.5, 0.6) is 17.2 Å². The number of carbonyl (C=O) groups excluding carboxylic acids is 1. The first-order valence-electron chi connectivity index (χ1n) is 11.5. The first-order chi connectivity index (χ1) is 17.5. The maximum Gasteiger partial charge on any atom is 0.322 e. The predicted molar refractivity (Wildman–Crippen MR) is 138 cm³/mol. The largest absolute Gasteiger partial charge is 0.494 e. The highest BCUT2D eigenvalue weighted by molar-refractivity contribution is 6.30. The average molecular weight is 506 g/mol. The summed E-state index contributed by atoms with van der Waals surface area (Å²) in [4.78, 5) is 30.7. The molecule has 0 saturated heterocycles. The van der Waals surface area contributed by atoms with Gasteiger partial charge in [0.15, 0.2) is 11.5 Å². The Morgan fingerprint density at radius 1 is 1.06 bits per heavy atom. The topological polar surface area (TPSA) is 92.9 Å². The molecular weight excluding hydrogens is 482 g/mol. The van der Waals surface area contributed by atoms with Crippen molar-refractivity contribution in [2.75, 3.05) is 18.7 Å². The molecule has 3 aromatic carbocycles. The SMILES string of the molecule is CCOc1ccc2[nH]c(=O)c(CN(Cc3ccc4c(c3)OCO4)C(=O)Nc3cccc(Cl)c3)cc2c1. The Balaban J connectivity index is 1.46. The Labute approximate surface area is 212 Å². The maximum atomic E-state index is 13.4. The third-order valence-electron chi connectivity index (χ3n) is 5.74. The third kappa shape index (κ3) is 5.23. The van der Waals surface area contributed by atoms with Crippen molar-refractivity contribution in [2.24, 2.45) is 0 Å². The van der Waals surface area contributed by atoms with Crippen molar-refractivity contribution >= 4 is 34.2 Å². The van der Waals surface area contributed by atoms with Crippen LogP contribution in [0.2, 0.25) is 5.02 Å². The molecule has 0 radical (unpaired) electrons. The summed E-state index contributed by atoms with van der Waals surface area (Å²) in [6.45, 7) is 2.92. The molecule has 2 heterocycles. The van der Waals surface area contributed by atoms with Crippen molar-refractivity contribution in [3.8, 4) is 17.2 Å². The number of aromatic amines is 1. The van der Waals surface area contributed by atoms with Crippen LogP contribution in [0.15, 0.2) is 71.5 Å². The van der Waals surface area contributed by atoms with Gasteiger partial charge in [0.2, 0.25) is 6.79 Å². The van der Waals surface area contributed by atoms with E-state index in [1.54, 1.807) is 35.2 Å². The number of anilines is 1. The molecule has 1 aromatic heterocycles. The number of hydrogen-bond donors (Lipinski definition) is 2. The molecular formula is C27H24ClN3O5. The van der Waals surface area contributed by atoms with E-state index in [1.807, 2.05) is 43.3 Å². The molecule has 0 fully saturated rings. The lowest BCUT2D eigenvalue weighted by molar-refractivity contribution is 0.174. The molecule has 9 heteroatoms. The first-order valence-corrected chi connectivity index (χ1v) is 11.8. The Hall–Kier alpha value is -4.17. The fourth-order valence-corrected chi connectivity index (χ4v) is 4.23. The second kappa shape index (κ2) is 10.2. The number of fused-ring (bicyclic) bond motifs is 2. The van der Waals surface area contributed by atoms with Crippen LogP contribution < -0.4 is 25.1 Å². The minimum Gasteiger partial charge on any atom is -0.494 e. The minimum absolute atomic E-state index is 0.0744. The Morgan fingerprint density at radius 2 is 1.92 bits per heavy atom. The Morgan fingerprint density at radius 3 is 2.75 bits per heavy atom. The van der Waals surface area contributed by atoms with E-state index in [0.29, 0.717) is 45.6 Å². The minimum atomic E-state index is -0.377. The highest BCUT2D eigenvalue weighted by Gasteiger charge is 2.20. The van der Waals surface area contributed by atoms with Gasteiger partial charge in [-0.2, -0.15) is 0 Å². The summed E-state index contributed by atoms with van der Waals surface area (Å²) in [5.41, 5.74) is 2.25. The van der Waals surface area contributed by atoms with E-state index in [1.165, 1.54) is 0 Å². The van der Waals surface area contributed by atoms with Crippen LogP contribution in [0.1, 0.15) is 18.1 Å². The molecule has 0 saturated carbocycles. The van der Waals surface area contributed by atoms with Gasteiger partial charge in [0.05, 0.1) is 13.2 Å². The van der Waals surface area contributed by atoms with E-state index in [4.69, 9.17) is 25.8 Å². The van der Waals surface area contributed by atoms with Crippen LogP contribution in [0.3, 0.4) is 0 Å². The first kappa shape index (κ1) is 23.6. The number of aromatic nitrogens is 1. The molecule has 0 aliphatic carbocycles. The number of benzene rings is 3. The zero-order valence-corrected chi connectivity index (χ0v) is 20.3. The van der Waals surface area contributed by atoms with Crippen molar-refractivity contribution in [3.63, 3.8) is 0 Å². The van der Waals surface area contributed by atoms with Crippen molar-refractivity contribution < 1.29 is 19.0 Å². The average Bonchev–Trinajstić information content (AvgIpc) is 3.32. The summed E-state index contributed by atoms with van der Waals surface area (Å²) in [6, 6.07) is 19.3. The third-order valence-corrected chi connectivity index (χ3v) is 5.97. The summed E-state index contributed by atoms with van der Waals surface area (Å²) in [5.74, 6) is 1.98.